The van der Waals surface area contributed by atoms with E-state index in [-0.39, 0.29) is 16.4 Å². The molecule has 0 saturated carbocycles. The molecular formula is C22H19FN4O3S2. The van der Waals surface area contributed by atoms with Crippen molar-refractivity contribution in [1.29, 1.82) is 0 Å². The smallest absolute Gasteiger partial charge is 0.274 e. The van der Waals surface area contributed by atoms with Gasteiger partial charge in [-0.25, -0.2) is 17.8 Å². The van der Waals surface area contributed by atoms with E-state index in [4.69, 9.17) is 0 Å². The van der Waals surface area contributed by atoms with Crippen molar-refractivity contribution in [3.05, 3.63) is 96.1 Å². The summed E-state index contributed by atoms with van der Waals surface area (Å²) in [6.07, 6.45) is 5.20. The number of sulfonamides is 1. The molecule has 0 spiro atoms. The Labute approximate surface area is 188 Å². The number of aromatic nitrogens is 2. The van der Waals surface area contributed by atoms with Crippen LogP contribution in [-0.4, -0.2) is 30.4 Å². The number of hydrogen-bond donors (Lipinski definition) is 1. The van der Waals surface area contributed by atoms with Gasteiger partial charge in [0.25, 0.3) is 10.0 Å². The molecule has 0 fully saturated rings. The Balaban J connectivity index is 1.47. The Hall–Kier alpha value is -3.50. The van der Waals surface area contributed by atoms with Crippen LogP contribution in [0.5, 0.6) is 0 Å². The second-order valence-corrected chi connectivity index (χ2v) is 9.87. The van der Waals surface area contributed by atoms with E-state index < -0.39 is 28.3 Å². The first-order chi connectivity index (χ1) is 15.4. The maximum Gasteiger partial charge on any atom is 0.274 e. The molecule has 2 heterocycles. The maximum atomic E-state index is 13.4. The summed E-state index contributed by atoms with van der Waals surface area (Å²) in [5, 5.41) is 4.39. The van der Waals surface area contributed by atoms with Gasteiger partial charge in [-0.2, -0.15) is 0 Å². The first-order valence-corrected chi connectivity index (χ1v) is 11.9. The predicted octanol–water partition coefficient (Wildman–Crippen LogP) is 3.58. The Morgan fingerprint density at radius 1 is 1.09 bits per heavy atom. The molecule has 0 unspecified atom stereocenters. The second-order valence-electron chi connectivity index (χ2n) is 6.83. The maximum absolute atomic E-state index is 13.4. The standard InChI is InChI=1S/C22H19FN4O3S2/c23-18-5-9-20(10-6-18)27(32(29,30)22-2-1-13-31-22)15-21(28)25-14-17-3-7-19(8-4-17)26-12-11-24-16-26/h1-13,16H,14-15H2,(H,25,28). The average molecular weight is 471 g/mol. The van der Waals surface area contributed by atoms with Gasteiger partial charge in [0.2, 0.25) is 5.91 Å². The van der Waals surface area contributed by atoms with Crippen LogP contribution in [-0.2, 0) is 21.4 Å². The van der Waals surface area contributed by atoms with Crippen LogP contribution in [0.4, 0.5) is 10.1 Å². The highest BCUT2D eigenvalue weighted by Crippen LogP contribution is 2.26. The number of halogens is 1. The van der Waals surface area contributed by atoms with Crippen LogP contribution in [0.25, 0.3) is 5.69 Å². The molecule has 164 valence electrons. The van der Waals surface area contributed by atoms with Crippen molar-refractivity contribution in [3.8, 4) is 5.69 Å². The molecule has 0 atom stereocenters. The van der Waals surface area contributed by atoms with Gasteiger partial charge in [0.1, 0.15) is 16.6 Å². The number of rotatable bonds is 8. The van der Waals surface area contributed by atoms with Gasteiger partial charge in [0.05, 0.1) is 12.0 Å². The molecule has 4 aromatic rings. The van der Waals surface area contributed by atoms with Crippen molar-refractivity contribution < 1.29 is 17.6 Å². The fraction of sp³-hybridized carbons (Fsp3) is 0.0909. The summed E-state index contributed by atoms with van der Waals surface area (Å²) in [6, 6.07) is 15.6. The lowest BCUT2D eigenvalue weighted by Gasteiger charge is -2.23. The molecule has 1 amide bonds. The number of carbonyl (C=O) groups is 1. The average Bonchev–Trinajstić information content (AvgIpc) is 3.52. The summed E-state index contributed by atoms with van der Waals surface area (Å²) in [4.78, 5) is 16.6. The SMILES string of the molecule is O=C(CN(c1ccc(F)cc1)S(=O)(=O)c1cccs1)NCc1ccc(-n2ccnc2)cc1. The van der Waals surface area contributed by atoms with E-state index in [1.54, 1.807) is 24.0 Å². The Morgan fingerprint density at radius 3 is 2.47 bits per heavy atom. The van der Waals surface area contributed by atoms with E-state index in [9.17, 15) is 17.6 Å². The molecule has 2 aromatic heterocycles. The highest BCUT2D eigenvalue weighted by molar-refractivity contribution is 7.94. The molecule has 0 radical (unpaired) electrons. The van der Waals surface area contributed by atoms with Crippen molar-refractivity contribution in [3.63, 3.8) is 0 Å². The normalized spacial score (nSPS) is 11.3. The van der Waals surface area contributed by atoms with Crippen LogP contribution in [0.3, 0.4) is 0 Å². The molecule has 0 bridgehead atoms. The lowest BCUT2D eigenvalue weighted by Crippen LogP contribution is -2.40. The van der Waals surface area contributed by atoms with E-state index in [0.29, 0.717) is 0 Å². The Kier molecular flexibility index (Phi) is 6.33. The van der Waals surface area contributed by atoms with Gasteiger partial charge in [-0.3, -0.25) is 9.10 Å². The van der Waals surface area contributed by atoms with Crippen molar-refractivity contribution in [2.45, 2.75) is 10.8 Å². The van der Waals surface area contributed by atoms with Crippen LogP contribution in [0.15, 0.2) is 89.0 Å². The van der Waals surface area contributed by atoms with Crippen molar-refractivity contribution in [2.75, 3.05) is 10.8 Å². The molecule has 7 nitrogen and oxygen atoms in total. The molecule has 4 rings (SSSR count). The first kappa shape index (κ1) is 21.7. The van der Waals surface area contributed by atoms with Gasteiger partial charge < -0.3 is 9.88 Å². The topological polar surface area (TPSA) is 84.3 Å². The summed E-state index contributed by atoms with van der Waals surface area (Å²) >= 11 is 1.05. The van der Waals surface area contributed by atoms with E-state index in [0.717, 1.165) is 39.0 Å². The van der Waals surface area contributed by atoms with Crippen molar-refractivity contribution in [2.24, 2.45) is 0 Å². The zero-order valence-corrected chi connectivity index (χ0v) is 18.4. The summed E-state index contributed by atoms with van der Waals surface area (Å²) in [7, 11) is -3.97. The molecule has 32 heavy (non-hydrogen) atoms. The zero-order valence-electron chi connectivity index (χ0n) is 16.8. The first-order valence-electron chi connectivity index (χ1n) is 9.59. The van der Waals surface area contributed by atoms with E-state index >= 15 is 0 Å². The minimum Gasteiger partial charge on any atom is -0.350 e. The van der Waals surface area contributed by atoms with E-state index in [1.165, 1.54) is 18.2 Å². The van der Waals surface area contributed by atoms with Gasteiger partial charge in [-0.1, -0.05) is 18.2 Å². The number of benzene rings is 2. The fourth-order valence-electron chi connectivity index (χ4n) is 3.03. The van der Waals surface area contributed by atoms with Gasteiger partial charge in [-0.05, 0) is 53.4 Å². The van der Waals surface area contributed by atoms with Gasteiger partial charge >= 0.3 is 0 Å². The number of nitrogens with one attached hydrogen (secondary N) is 1. The third-order valence-electron chi connectivity index (χ3n) is 4.67. The van der Waals surface area contributed by atoms with Gasteiger partial charge in [0.15, 0.2) is 0 Å². The predicted molar refractivity (Wildman–Crippen MR) is 121 cm³/mol. The summed E-state index contributed by atoms with van der Waals surface area (Å²) in [6.45, 7) is -0.196. The highest BCUT2D eigenvalue weighted by atomic mass is 32.2. The van der Waals surface area contributed by atoms with Crippen LogP contribution >= 0.6 is 11.3 Å². The molecule has 0 aliphatic heterocycles. The lowest BCUT2D eigenvalue weighted by atomic mass is 10.2. The molecular weight excluding hydrogens is 451 g/mol. The molecule has 2 aromatic carbocycles. The molecule has 1 N–H and O–H groups in total. The quantitative estimate of drug-likeness (QED) is 0.427. The molecule has 0 saturated heterocycles. The summed E-state index contributed by atoms with van der Waals surface area (Å²) < 4.78 is 42.5. The Morgan fingerprint density at radius 2 is 1.84 bits per heavy atom. The van der Waals surface area contributed by atoms with E-state index in [1.807, 2.05) is 35.0 Å². The number of thiophene rings is 1. The Bertz CT molecular complexity index is 1270. The number of carbonyl (C=O) groups excluding carboxylic acids is 1. The van der Waals surface area contributed by atoms with Crippen LogP contribution in [0.2, 0.25) is 0 Å². The second kappa shape index (κ2) is 9.33. The molecule has 10 heteroatoms. The monoisotopic (exact) mass is 470 g/mol. The summed E-state index contributed by atoms with van der Waals surface area (Å²) in [5.74, 6) is -0.973. The van der Waals surface area contributed by atoms with Crippen LogP contribution in [0.1, 0.15) is 5.56 Å². The number of amides is 1. The fourth-order valence-corrected chi connectivity index (χ4v) is 5.55. The lowest BCUT2D eigenvalue weighted by molar-refractivity contribution is -0.119. The number of hydrogen-bond acceptors (Lipinski definition) is 5. The molecule has 0 aliphatic rings. The van der Waals surface area contributed by atoms with Crippen molar-refractivity contribution in [1.82, 2.24) is 14.9 Å². The highest BCUT2D eigenvalue weighted by Gasteiger charge is 2.28. The number of anilines is 1. The number of imidazole rings is 1. The minimum atomic E-state index is -3.97. The van der Waals surface area contributed by atoms with Crippen LogP contribution in [0, 0.1) is 5.82 Å². The third-order valence-corrected chi connectivity index (χ3v) is 7.82. The zero-order chi connectivity index (χ0) is 22.6. The number of nitrogens with zero attached hydrogens (tertiary/aromatic N) is 3. The largest absolute Gasteiger partial charge is 0.350 e. The van der Waals surface area contributed by atoms with Gasteiger partial charge in [-0.15, -0.1) is 11.3 Å². The minimum absolute atomic E-state index is 0.102. The van der Waals surface area contributed by atoms with Crippen LogP contribution < -0.4 is 9.62 Å². The van der Waals surface area contributed by atoms with E-state index in [2.05, 4.69) is 10.3 Å². The van der Waals surface area contributed by atoms with Crippen molar-refractivity contribution >= 4 is 33.0 Å². The summed E-state index contributed by atoms with van der Waals surface area (Å²) in [5.41, 5.74) is 2.00. The molecule has 0 aliphatic carbocycles. The van der Waals surface area contributed by atoms with Gasteiger partial charge in [0, 0.05) is 24.6 Å². The third kappa shape index (κ3) is 4.87.